The Bertz CT molecular complexity index is 1350. The molecular weight excluding hydrogens is 475 g/mol. The molecule has 0 spiro atoms. The van der Waals surface area contributed by atoms with Gasteiger partial charge < -0.3 is 14.7 Å². The maximum absolute atomic E-state index is 13.2. The van der Waals surface area contributed by atoms with Crippen LogP contribution in [0.2, 0.25) is 15.1 Å². The van der Waals surface area contributed by atoms with E-state index in [9.17, 15) is 14.8 Å². The largest absolute Gasteiger partial charge is 0.619 e. The third kappa shape index (κ3) is 4.02. The number of pyridine rings is 2. The number of hydrogen-bond acceptors (Lipinski definition) is 4. The van der Waals surface area contributed by atoms with E-state index < -0.39 is 11.7 Å². The van der Waals surface area contributed by atoms with E-state index in [1.54, 1.807) is 35.2 Å². The van der Waals surface area contributed by atoms with E-state index in [0.29, 0.717) is 27.3 Å². The Balaban J connectivity index is 1.73. The average molecular weight is 490 g/mol. The number of fused-ring (bicyclic) bond motifs is 1. The van der Waals surface area contributed by atoms with Gasteiger partial charge in [0.15, 0.2) is 0 Å². The van der Waals surface area contributed by atoms with Crippen molar-refractivity contribution in [1.29, 1.82) is 0 Å². The highest BCUT2D eigenvalue weighted by Crippen LogP contribution is 2.32. The summed E-state index contributed by atoms with van der Waals surface area (Å²) < 4.78 is 2.18. The highest BCUT2D eigenvalue weighted by Gasteiger charge is 2.29. The third-order valence-corrected chi connectivity index (χ3v) is 5.87. The number of benzene rings is 1. The normalized spacial score (nSPS) is 11.0. The van der Waals surface area contributed by atoms with Crippen LogP contribution in [0.4, 0.5) is 5.69 Å². The van der Waals surface area contributed by atoms with Crippen molar-refractivity contribution in [2.24, 2.45) is 0 Å². The van der Waals surface area contributed by atoms with E-state index in [-0.39, 0.29) is 21.3 Å². The monoisotopic (exact) mass is 488 g/mol. The van der Waals surface area contributed by atoms with Crippen LogP contribution in [-0.4, -0.2) is 28.3 Å². The van der Waals surface area contributed by atoms with Crippen LogP contribution in [0.25, 0.3) is 11.0 Å². The minimum atomic E-state index is -0.863. The number of likely N-dealkylation sites (N-methyl/N-ethyl adjacent to an activating group) is 1. The summed E-state index contributed by atoms with van der Waals surface area (Å²) in [6, 6.07) is 10.7. The highest BCUT2D eigenvalue weighted by atomic mass is 35.5. The molecule has 3 aromatic heterocycles. The van der Waals surface area contributed by atoms with Crippen molar-refractivity contribution in [2.45, 2.75) is 6.54 Å². The van der Waals surface area contributed by atoms with Gasteiger partial charge in [-0.05, 0) is 23.8 Å². The first-order chi connectivity index (χ1) is 15.3. The summed E-state index contributed by atoms with van der Waals surface area (Å²) in [4.78, 5) is 31.6. The molecule has 0 saturated carbocycles. The van der Waals surface area contributed by atoms with Gasteiger partial charge in [-0.1, -0.05) is 53.0 Å². The quantitative estimate of drug-likeness (QED) is 0.179. The number of nitrogens with zero attached hydrogens (tertiary/aromatic N) is 4. The van der Waals surface area contributed by atoms with E-state index in [4.69, 9.17) is 34.8 Å². The van der Waals surface area contributed by atoms with Crippen LogP contribution in [-0.2, 0) is 11.3 Å². The van der Waals surface area contributed by atoms with Crippen molar-refractivity contribution < 1.29 is 14.3 Å². The van der Waals surface area contributed by atoms with E-state index in [1.807, 2.05) is 18.2 Å². The van der Waals surface area contributed by atoms with Crippen LogP contribution in [0.5, 0.6) is 0 Å². The Kier molecular flexibility index (Phi) is 6.06. The van der Waals surface area contributed by atoms with Gasteiger partial charge in [-0.3, -0.25) is 9.59 Å². The zero-order valence-corrected chi connectivity index (χ0v) is 18.9. The molecule has 4 aromatic rings. The first kappa shape index (κ1) is 22.1. The smallest absolute Gasteiger partial charge is 0.299 e. The number of carbonyl (C=O) groups is 2. The van der Waals surface area contributed by atoms with Crippen LogP contribution in [0.3, 0.4) is 0 Å². The second-order valence-electron chi connectivity index (χ2n) is 6.99. The van der Waals surface area contributed by atoms with Crippen molar-refractivity contribution in [3.05, 3.63) is 92.6 Å². The minimum absolute atomic E-state index is 0.0565. The number of anilines is 1. The second kappa shape index (κ2) is 8.78. The van der Waals surface area contributed by atoms with Crippen molar-refractivity contribution in [2.75, 3.05) is 11.9 Å². The summed E-state index contributed by atoms with van der Waals surface area (Å²) in [6.45, 7) is 0.365. The SMILES string of the molecule is CN(C(=O)C(=O)c1cn(Cc2ccccc2Cl)c2ncccc12)c1c(Cl)c[n+]([O-])cc1Cl. The first-order valence-electron chi connectivity index (χ1n) is 9.35. The predicted molar refractivity (Wildman–Crippen MR) is 123 cm³/mol. The lowest BCUT2D eigenvalue weighted by molar-refractivity contribution is -0.605. The Morgan fingerprint density at radius 1 is 1.06 bits per heavy atom. The van der Waals surface area contributed by atoms with E-state index >= 15 is 0 Å². The molecule has 0 unspecified atom stereocenters. The lowest BCUT2D eigenvalue weighted by Crippen LogP contribution is -2.35. The zero-order chi connectivity index (χ0) is 23.0. The molecule has 0 bridgehead atoms. The lowest BCUT2D eigenvalue weighted by atomic mass is 10.1. The van der Waals surface area contributed by atoms with Crippen LogP contribution in [0.15, 0.2) is 61.2 Å². The van der Waals surface area contributed by atoms with Crippen LogP contribution < -0.4 is 9.63 Å². The Morgan fingerprint density at radius 2 is 1.75 bits per heavy atom. The molecule has 10 heteroatoms. The summed E-state index contributed by atoms with van der Waals surface area (Å²) >= 11 is 18.5. The molecule has 4 rings (SSSR count). The number of hydrogen-bond donors (Lipinski definition) is 0. The van der Waals surface area contributed by atoms with Gasteiger partial charge in [-0.2, -0.15) is 4.73 Å². The maximum atomic E-state index is 13.2. The number of rotatable bonds is 5. The third-order valence-electron chi connectivity index (χ3n) is 4.94. The van der Waals surface area contributed by atoms with Gasteiger partial charge >= 0.3 is 0 Å². The fourth-order valence-corrected chi connectivity index (χ4v) is 4.31. The van der Waals surface area contributed by atoms with Crippen molar-refractivity contribution in [3.8, 4) is 0 Å². The van der Waals surface area contributed by atoms with Gasteiger partial charge in [-0.25, -0.2) is 4.98 Å². The summed E-state index contributed by atoms with van der Waals surface area (Å²) in [5, 5.41) is 12.5. The summed E-state index contributed by atoms with van der Waals surface area (Å²) in [5.41, 5.74) is 1.62. The first-order valence-corrected chi connectivity index (χ1v) is 10.5. The molecule has 0 aliphatic heterocycles. The molecule has 0 atom stereocenters. The molecule has 1 aromatic carbocycles. The number of halogens is 3. The Labute approximate surface area is 197 Å². The van der Waals surface area contributed by atoms with Crippen LogP contribution in [0.1, 0.15) is 15.9 Å². The fourth-order valence-electron chi connectivity index (χ4n) is 3.42. The molecular formula is C22H15Cl3N4O3. The second-order valence-corrected chi connectivity index (χ2v) is 8.21. The Hall–Kier alpha value is -3.13. The maximum Gasteiger partial charge on any atom is 0.299 e. The number of carbonyl (C=O) groups excluding carboxylic acids is 2. The Morgan fingerprint density at radius 3 is 2.44 bits per heavy atom. The molecule has 0 aliphatic rings. The van der Waals surface area contributed by atoms with Gasteiger partial charge in [0.05, 0.1) is 17.8 Å². The van der Waals surface area contributed by atoms with Crippen molar-refractivity contribution in [3.63, 3.8) is 0 Å². The summed E-state index contributed by atoms with van der Waals surface area (Å²) in [6.07, 6.45) is 5.29. The van der Waals surface area contributed by atoms with Gasteiger partial charge in [0.1, 0.15) is 15.7 Å². The van der Waals surface area contributed by atoms with Gasteiger partial charge in [0.2, 0.25) is 12.4 Å². The topological polar surface area (TPSA) is 82.1 Å². The number of Topliss-reactive ketones (excluding diaryl/α,β-unsaturated/α-hetero) is 1. The van der Waals surface area contributed by atoms with E-state index in [2.05, 4.69) is 4.98 Å². The number of amides is 1. The van der Waals surface area contributed by atoms with Gasteiger partial charge in [-0.15, -0.1) is 0 Å². The molecule has 0 fully saturated rings. The molecule has 0 saturated heterocycles. The van der Waals surface area contributed by atoms with Crippen LogP contribution in [0, 0.1) is 5.21 Å². The fraction of sp³-hybridized carbons (Fsp3) is 0.0909. The molecule has 0 aliphatic carbocycles. The van der Waals surface area contributed by atoms with Crippen LogP contribution >= 0.6 is 34.8 Å². The molecule has 32 heavy (non-hydrogen) atoms. The summed E-state index contributed by atoms with van der Waals surface area (Å²) in [7, 11) is 1.36. The molecule has 1 amide bonds. The van der Waals surface area contributed by atoms with Gasteiger partial charge in [0.25, 0.3) is 11.7 Å². The minimum Gasteiger partial charge on any atom is -0.619 e. The highest BCUT2D eigenvalue weighted by molar-refractivity contribution is 6.50. The van der Waals surface area contributed by atoms with E-state index in [1.165, 1.54) is 7.05 Å². The number of ketones is 1. The molecule has 0 radical (unpaired) electrons. The zero-order valence-electron chi connectivity index (χ0n) is 16.6. The lowest BCUT2D eigenvalue weighted by Gasteiger charge is -2.18. The standard InChI is InChI=1S/C22H15Cl3N4O3/c1-27(19-17(24)11-29(32)12-18(19)25)22(31)20(30)15-10-28(21-14(15)6-4-8-26-21)9-13-5-2-3-7-16(13)23/h2-8,10-12H,9H2,1H3. The molecule has 3 heterocycles. The van der Waals surface area contributed by atoms with E-state index in [0.717, 1.165) is 22.9 Å². The average Bonchev–Trinajstić information content (AvgIpc) is 3.12. The number of aromatic nitrogens is 3. The molecule has 0 N–H and O–H groups in total. The van der Waals surface area contributed by atoms with Gasteiger partial charge in [0, 0.05) is 29.9 Å². The van der Waals surface area contributed by atoms with Crippen molar-refractivity contribution in [1.82, 2.24) is 9.55 Å². The molecule has 162 valence electrons. The molecule has 7 nitrogen and oxygen atoms in total. The predicted octanol–water partition coefficient (Wildman–Crippen LogP) is 4.52. The summed E-state index contributed by atoms with van der Waals surface area (Å²) in [5.74, 6) is -1.63. The van der Waals surface area contributed by atoms with Crippen molar-refractivity contribution >= 4 is 63.2 Å².